The lowest BCUT2D eigenvalue weighted by atomic mass is 10.0. The molecule has 0 saturated carbocycles. The summed E-state index contributed by atoms with van der Waals surface area (Å²) in [5, 5.41) is 0. The van der Waals surface area contributed by atoms with Gasteiger partial charge in [-0.1, -0.05) is 6.92 Å². The number of nitrogens with one attached hydrogen (secondary N) is 1. The molecule has 0 radical (unpaired) electrons. The predicted octanol–water partition coefficient (Wildman–Crippen LogP) is 3.13. The summed E-state index contributed by atoms with van der Waals surface area (Å²) in [7, 11) is 0. The first-order valence-corrected chi connectivity index (χ1v) is 6.99. The van der Waals surface area contributed by atoms with Gasteiger partial charge in [-0.3, -0.25) is 0 Å². The van der Waals surface area contributed by atoms with Gasteiger partial charge in [-0.25, -0.2) is 4.98 Å². The molecule has 0 saturated heterocycles. The molecule has 78 valence electrons. The lowest BCUT2D eigenvalue weighted by Gasteiger charge is -2.09. The number of hydrogen-bond acceptors (Lipinski definition) is 2. The van der Waals surface area contributed by atoms with Crippen molar-refractivity contribution in [1.29, 1.82) is 0 Å². The summed E-state index contributed by atoms with van der Waals surface area (Å²) >= 11 is 4.30. The first-order chi connectivity index (χ1) is 7.26. The van der Waals surface area contributed by atoms with Crippen LogP contribution >= 0.6 is 33.9 Å². The number of rotatable bonds is 1. The van der Waals surface area contributed by atoms with Crippen LogP contribution in [0, 0.1) is 2.88 Å². The SMILES string of the molecule is CCc1nc2c([nH]1)Cc1cc(I)sc1C2. The summed E-state index contributed by atoms with van der Waals surface area (Å²) in [6, 6.07) is 2.30. The highest BCUT2D eigenvalue weighted by molar-refractivity contribution is 14.1. The van der Waals surface area contributed by atoms with E-state index in [-0.39, 0.29) is 0 Å². The average Bonchev–Trinajstić information content (AvgIpc) is 2.74. The van der Waals surface area contributed by atoms with Crippen LogP contribution in [-0.4, -0.2) is 9.97 Å². The molecule has 0 aliphatic heterocycles. The second-order valence-corrected chi connectivity index (χ2v) is 6.85. The molecule has 0 unspecified atom stereocenters. The molecule has 2 nitrogen and oxygen atoms in total. The number of halogens is 1. The fourth-order valence-electron chi connectivity index (χ4n) is 2.04. The van der Waals surface area contributed by atoms with Crippen LogP contribution in [0.3, 0.4) is 0 Å². The van der Waals surface area contributed by atoms with Crippen molar-refractivity contribution in [2.75, 3.05) is 0 Å². The van der Waals surface area contributed by atoms with E-state index in [0.29, 0.717) is 0 Å². The van der Waals surface area contributed by atoms with Crippen LogP contribution in [0.15, 0.2) is 6.07 Å². The molecule has 15 heavy (non-hydrogen) atoms. The van der Waals surface area contributed by atoms with Gasteiger partial charge < -0.3 is 4.98 Å². The molecular formula is C11H11IN2S. The maximum absolute atomic E-state index is 4.63. The van der Waals surface area contributed by atoms with Crippen molar-refractivity contribution < 1.29 is 0 Å². The van der Waals surface area contributed by atoms with Crippen LogP contribution in [0.1, 0.15) is 34.6 Å². The summed E-state index contributed by atoms with van der Waals surface area (Å²) in [6.45, 7) is 2.14. The highest BCUT2D eigenvalue weighted by Gasteiger charge is 2.20. The Kier molecular flexibility index (Phi) is 2.35. The van der Waals surface area contributed by atoms with Crippen molar-refractivity contribution in [2.24, 2.45) is 0 Å². The molecule has 2 aromatic rings. The van der Waals surface area contributed by atoms with Crippen molar-refractivity contribution in [3.63, 3.8) is 0 Å². The van der Waals surface area contributed by atoms with Crippen LogP contribution < -0.4 is 0 Å². The van der Waals surface area contributed by atoms with Crippen LogP contribution in [0.2, 0.25) is 0 Å². The van der Waals surface area contributed by atoms with Gasteiger partial charge in [0.15, 0.2) is 0 Å². The Morgan fingerprint density at radius 1 is 1.53 bits per heavy atom. The standard InChI is InChI=1S/C11H11IN2S/c1-2-11-13-7-3-6-4-10(12)15-9(6)5-8(7)14-11/h4H,2-3,5H2,1H3,(H,13,14). The Labute approximate surface area is 106 Å². The number of nitrogens with zero attached hydrogens (tertiary/aromatic N) is 1. The molecule has 1 aliphatic carbocycles. The van der Waals surface area contributed by atoms with Crippen molar-refractivity contribution in [3.8, 4) is 0 Å². The Balaban J connectivity index is 2.03. The number of aromatic amines is 1. The molecule has 2 heterocycles. The first-order valence-electron chi connectivity index (χ1n) is 5.10. The van der Waals surface area contributed by atoms with E-state index >= 15 is 0 Å². The third-order valence-corrected chi connectivity index (χ3v) is 4.75. The molecule has 4 heteroatoms. The van der Waals surface area contributed by atoms with E-state index < -0.39 is 0 Å². The monoisotopic (exact) mass is 330 g/mol. The molecule has 0 bridgehead atoms. The van der Waals surface area contributed by atoms with Gasteiger partial charge in [-0.05, 0) is 34.2 Å². The largest absolute Gasteiger partial charge is 0.345 e. The predicted molar refractivity (Wildman–Crippen MR) is 70.6 cm³/mol. The average molecular weight is 330 g/mol. The van der Waals surface area contributed by atoms with E-state index in [1.165, 1.54) is 24.7 Å². The zero-order valence-corrected chi connectivity index (χ0v) is 11.4. The zero-order valence-electron chi connectivity index (χ0n) is 8.43. The lowest BCUT2D eigenvalue weighted by molar-refractivity contribution is 0.971. The zero-order chi connectivity index (χ0) is 10.4. The van der Waals surface area contributed by atoms with Crippen LogP contribution in [0.5, 0.6) is 0 Å². The molecule has 1 aliphatic rings. The fraction of sp³-hybridized carbons (Fsp3) is 0.364. The maximum atomic E-state index is 4.63. The Hall–Kier alpha value is -0.360. The molecule has 0 fully saturated rings. The summed E-state index contributed by atoms with van der Waals surface area (Å²) in [5.74, 6) is 1.13. The number of aromatic nitrogens is 2. The van der Waals surface area contributed by atoms with E-state index in [2.05, 4.69) is 45.5 Å². The van der Waals surface area contributed by atoms with Gasteiger partial charge in [0.1, 0.15) is 5.82 Å². The summed E-state index contributed by atoms with van der Waals surface area (Å²) < 4.78 is 1.39. The van der Waals surface area contributed by atoms with Crippen molar-refractivity contribution in [2.45, 2.75) is 26.2 Å². The van der Waals surface area contributed by atoms with E-state index in [1.807, 2.05) is 11.3 Å². The van der Waals surface area contributed by atoms with Gasteiger partial charge in [0.2, 0.25) is 0 Å². The van der Waals surface area contributed by atoms with E-state index in [0.717, 1.165) is 25.1 Å². The van der Waals surface area contributed by atoms with Crippen molar-refractivity contribution in [3.05, 3.63) is 36.6 Å². The van der Waals surface area contributed by atoms with Crippen LogP contribution in [0.4, 0.5) is 0 Å². The number of H-pyrrole nitrogens is 1. The van der Waals surface area contributed by atoms with Gasteiger partial charge >= 0.3 is 0 Å². The van der Waals surface area contributed by atoms with Gasteiger partial charge in [0.05, 0.1) is 8.58 Å². The number of imidazole rings is 1. The Morgan fingerprint density at radius 3 is 3.20 bits per heavy atom. The first kappa shape index (κ1) is 9.84. The third kappa shape index (κ3) is 1.63. The summed E-state index contributed by atoms with van der Waals surface area (Å²) in [6.07, 6.45) is 3.06. The van der Waals surface area contributed by atoms with Gasteiger partial charge in [0.25, 0.3) is 0 Å². The summed E-state index contributed by atoms with van der Waals surface area (Å²) in [4.78, 5) is 9.55. The minimum atomic E-state index is 0.998. The molecular weight excluding hydrogens is 319 g/mol. The number of fused-ring (bicyclic) bond motifs is 2. The number of thiophene rings is 1. The van der Waals surface area contributed by atoms with Crippen LogP contribution in [-0.2, 0) is 19.3 Å². The van der Waals surface area contributed by atoms with Crippen molar-refractivity contribution >= 4 is 33.9 Å². The fourth-order valence-corrected chi connectivity index (χ4v) is 4.12. The van der Waals surface area contributed by atoms with E-state index in [9.17, 15) is 0 Å². The van der Waals surface area contributed by atoms with Gasteiger partial charge in [-0.2, -0.15) is 0 Å². The Morgan fingerprint density at radius 2 is 2.40 bits per heavy atom. The van der Waals surface area contributed by atoms with E-state index in [4.69, 9.17) is 0 Å². The quantitative estimate of drug-likeness (QED) is 0.683. The van der Waals surface area contributed by atoms with E-state index in [1.54, 1.807) is 0 Å². The second kappa shape index (κ2) is 3.59. The minimum absolute atomic E-state index is 0.998. The third-order valence-electron chi connectivity index (χ3n) is 2.81. The molecule has 0 atom stereocenters. The Bertz CT molecular complexity index is 472. The second-order valence-electron chi connectivity index (χ2n) is 3.81. The minimum Gasteiger partial charge on any atom is -0.345 e. The van der Waals surface area contributed by atoms with Crippen molar-refractivity contribution in [1.82, 2.24) is 9.97 Å². The van der Waals surface area contributed by atoms with Gasteiger partial charge in [0, 0.05) is 29.8 Å². The maximum Gasteiger partial charge on any atom is 0.106 e. The topological polar surface area (TPSA) is 28.7 Å². The van der Waals surface area contributed by atoms with Crippen LogP contribution in [0.25, 0.3) is 0 Å². The highest BCUT2D eigenvalue weighted by atomic mass is 127. The molecule has 0 spiro atoms. The molecule has 0 amide bonds. The summed E-state index contributed by atoms with van der Waals surface area (Å²) in [5.41, 5.74) is 4.08. The van der Waals surface area contributed by atoms with Gasteiger partial charge in [-0.15, -0.1) is 11.3 Å². The number of aryl methyl sites for hydroxylation is 1. The normalized spacial score (nSPS) is 13.7. The highest BCUT2D eigenvalue weighted by Crippen LogP contribution is 2.32. The smallest absolute Gasteiger partial charge is 0.106 e. The molecule has 1 N–H and O–H groups in total. The molecule has 2 aromatic heterocycles. The molecule has 0 aromatic carbocycles. The molecule has 3 rings (SSSR count). The lowest BCUT2D eigenvalue weighted by Crippen LogP contribution is -2.03. The number of hydrogen-bond donors (Lipinski definition) is 1.